The van der Waals surface area contributed by atoms with Crippen molar-refractivity contribution in [1.82, 2.24) is 15.5 Å². The summed E-state index contributed by atoms with van der Waals surface area (Å²) in [5, 5.41) is 5.62. The molecule has 0 aliphatic carbocycles. The predicted molar refractivity (Wildman–Crippen MR) is 159 cm³/mol. The van der Waals surface area contributed by atoms with Gasteiger partial charge < -0.3 is 26.0 Å². The number of rotatable bonds is 16. The summed E-state index contributed by atoms with van der Waals surface area (Å²) in [7, 11) is 0. The highest BCUT2D eigenvalue weighted by Crippen LogP contribution is 2.26. The minimum Gasteiger partial charge on any atom is -0.444 e. The van der Waals surface area contributed by atoms with Crippen molar-refractivity contribution in [3.63, 3.8) is 0 Å². The first-order chi connectivity index (χ1) is 18.7. The number of nitrogens with two attached hydrogens (primary N) is 1. The molecule has 0 radical (unpaired) electrons. The molecule has 1 aromatic rings. The maximum absolute atomic E-state index is 14.2. The van der Waals surface area contributed by atoms with E-state index in [9.17, 15) is 19.2 Å². The molecule has 9 heteroatoms. The summed E-state index contributed by atoms with van der Waals surface area (Å²) in [4.78, 5) is 54.2. The molecule has 0 spiro atoms. The van der Waals surface area contributed by atoms with Gasteiger partial charge in [-0.15, -0.1) is 0 Å². The van der Waals surface area contributed by atoms with Crippen molar-refractivity contribution >= 4 is 23.8 Å². The van der Waals surface area contributed by atoms with Crippen LogP contribution in [0.4, 0.5) is 4.79 Å². The lowest BCUT2D eigenvalue weighted by Gasteiger charge is -2.35. The van der Waals surface area contributed by atoms with E-state index in [0.29, 0.717) is 12.0 Å². The average Bonchev–Trinajstić information content (AvgIpc) is 2.80. The topological polar surface area (TPSA) is 131 Å². The maximum Gasteiger partial charge on any atom is 0.408 e. The number of aryl methyl sites for hydroxylation is 2. The minimum atomic E-state index is -1.28. The summed E-state index contributed by atoms with van der Waals surface area (Å²) in [6.07, 6.45) is 5.15. The second kappa shape index (κ2) is 16.9. The van der Waals surface area contributed by atoms with Gasteiger partial charge in [0, 0.05) is 12.6 Å². The Morgan fingerprint density at radius 3 is 2.05 bits per heavy atom. The van der Waals surface area contributed by atoms with E-state index in [-0.39, 0.29) is 18.5 Å². The van der Waals surface area contributed by atoms with E-state index in [1.54, 1.807) is 20.8 Å². The number of primary amides is 1. The molecule has 4 amide bonds. The summed E-state index contributed by atoms with van der Waals surface area (Å²) in [5.74, 6) is -1.60. The lowest BCUT2D eigenvalue weighted by atomic mass is 9.97. The fourth-order valence-corrected chi connectivity index (χ4v) is 4.77. The Labute approximate surface area is 241 Å². The van der Waals surface area contributed by atoms with Crippen molar-refractivity contribution in [3.05, 3.63) is 34.9 Å². The molecule has 0 saturated carbocycles. The Balaban J connectivity index is 3.57. The van der Waals surface area contributed by atoms with Crippen LogP contribution in [0.15, 0.2) is 18.2 Å². The monoisotopic (exact) mass is 560 g/mol. The van der Waals surface area contributed by atoms with Crippen LogP contribution < -0.4 is 16.4 Å². The van der Waals surface area contributed by atoms with Gasteiger partial charge in [-0.2, -0.15) is 0 Å². The lowest BCUT2D eigenvalue weighted by Crippen LogP contribution is -2.54. The SMILES string of the molecule is CCCCCCCN(C(=O)C(CC(N)=O)NC(=O)OC(C)(C)C)C(C(=O)NC(C)CCC)c1cc(C)cc(C)c1. The van der Waals surface area contributed by atoms with Crippen LogP contribution in [0.5, 0.6) is 0 Å². The van der Waals surface area contributed by atoms with E-state index < -0.39 is 42.0 Å². The highest BCUT2D eigenvalue weighted by Gasteiger charge is 2.37. The number of unbranched alkanes of at least 4 members (excludes halogenated alkanes) is 4. The quantitative estimate of drug-likeness (QED) is 0.239. The normalized spacial score (nSPS) is 13.6. The number of carbonyl (C=O) groups excluding carboxylic acids is 4. The van der Waals surface area contributed by atoms with E-state index >= 15 is 0 Å². The summed E-state index contributed by atoms with van der Waals surface area (Å²) in [6, 6.07) is 3.50. The van der Waals surface area contributed by atoms with E-state index in [2.05, 4.69) is 17.6 Å². The molecule has 0 aromatic heterocycles. The first kappa shape index (κ1) is 34.9. The van der Waals surface area contributed by atoms with Crippen LogP contribution in [-0.4, -0.2) is 52.9 Å². The summed E-state index contributed by atoms with van der Waals surface area (Å²) in [6.45, 7) is 15.4. The zero-order valence-electron chi connectivity index (χ0n) is 25.9. The summed E-state index contributed by atoms with van der Waals surface area (Å²) < 4.78 is 5.36. The standard InChI is InChI=1S/C31H52N4O5/c1-9-11-12-13-14-16-35(29(38)25(20-26(32)36)34-30(39)40-31(6,7)8)27(28(37)33-23(5)15-10-2)24-18-21(3)17-22(4)19-24/h17-19,23,25,27H,9-16,20H2,1-8H3,(H2,32,36)(H,33,37)(H,34,39). The first-order valence-corrected chi connectivity index (χ1v) is 14.6. The van der Waals surface area contributed by atoms with E-state index in [0.717, 1.165) is 49.7 Å². The highest BCUT2D eigenvalue weighted by molar-refractivity contribution is 5.94. The third kappa shape index (κ3) is 12.8. The van der Waals surface area contributed by atoms with Crippen molar-refractivity contribution in [2.75, 3.05) is 6.54 Å². The molecule has 0 aliphatic heterocycles. The minimum absolute atomic E-state index is 0.0892. The van der Waals surface area contributed by atoms with Crippen LogP contribution in [-0.2, 0) is 19.1 Å². The Hall–Kier alpha value is -3.10. The van der Waals surface area contributed by atoms with Crippen LogP contribution in [0.3, 0.4) is 0 Å². The van der Waals surface area contributed by atoms with Gasteiger partial charge in [0.1, 0.15) is 17.7 Å². The molecule has 3 atom stereocenters. The Morgan fingerprint density at radius 1 is 0.925 bits per heavy atom. The predicted octanol–water partition coefficient (Wildman–Crippen LogP) is 5.22. The zero-order chi connectivity index (χ0) is 30.5. The molecule has 0 saturated heterocycles. The average molecular weight is 561 g/mol. The smallest absolute Gasteiger partial charge is 0.408 e. The van der Waals surface area contributed by atoms with Crippen molar-refractivity contribution in [2.45, 2.75) is 130 Å². The highest BCUT2D eigenvalue weighted by atomic mass is 16.6. The number of benzene rings is 1. The molecule has 0 fully saturated rings. The fraction of sp³-hybridized carbons (Fsp3) is 0.677. The molecular weight excluding hydrogens is 508 g/mol. The molecule has 0 heterocycles. The van der Waals surface area contributed by atoms with Gasteiger partial charge in [0.25, 0.3) is 0 Å². The van der Waals surface area contributed by atoms with Crippen molar-refractivity contribution in [1.29, 1.82) is 0 Å². The van der Waals surface area contributed by atoms with Crippen LogP contribution in [0.2, 0.25) is 0 Å². The van der Waals surface area contributed by atoms with E-state index in [1.165, 1.54) is 4.90 Å². The molecule has 1 rings (SSSR count). The third-order valence-electron chi connectivity index (χ3n) is 6.41. The molecule has 0 bridgehead atoms. The maximum atomic E-state index is 14.2. The number of carbonyl (C=O) groups is 4. The van der Waals surface area contributed by atoms with Gasteiger partial charge in [-0.3, -0.25) is 14.4 Å². The van der Waals surface area contributed by atoms with Gasteiger partial charge >= 0.3 is 6.09 Å². The molecule has 3 unspecified atom stereocenters. The number of ether oxygens (including phenoxy) is 1. The molecule has 9 nitrogen and oxygen atoms in total. The first-order valence-electron chi connectivity index (χ1n) is 14.6. The van der Waals surface area contributed by atoms with E-state index in [1.807, 2.05) is 45.9 Å². The van der Waals surface area contributed by atoms with Gasteiger partial charge in [0.2, 0.25) is 17.7 Å². The molecule has 0 aliphatic rings. The molecule has 40 heavy (non-hydrogen) atoms. The second-order valence-corrected chi connectivity index (χ2v) is 11.8. The number of nitrogens with one attached hydrogen (secondary N) is 2. The van der Waals surface area contributed by atoms with Gasteiger partial charge in [-0.1, -0.05) is 75.3 Å². The number of alkyl carbamates (subject to hydrolysis) is 1. The van der Waals surface area contributed by atoms with Crippen LogP contribution in [0, 0.1) is 13.8 Å². The summed E-state index contributed by atoms with van der Waals surface area (Å²) in [5.41, 5.74) is 7.29. The second-order valence-electron chi connectivity index (χ2n) is 11.8. The number of hydrogen-bond donors (Lipinski definition) is 3. The third-order valence-corrected chi connectivity index (χ3v) is 6.41. The lowest BCUT2D eigenvalue weighted by molar-refractivity contribution is -0.143. The molecule has 4 N–H and O–H groups in total. The molecule has 226 valence electrons. The summed E-state index contributed by atoms with van der Waals surface area (Å²) >= 11 is 0. The van der Waals surface area contributed by atoms with Crippen molar-refractivity contribution in [3.8, 4) is 0 Å². The largest absolute Gasteiger partial charge is 0.444 e. The fourth-order valence-electron chi connectivity index (χ4n) is 4.77. The van der Waals surface area contributed by atoms with Crippen molar-refractivity contribution in [2.24, 2.45) is 5.73 Å². The van der Waals surface area contributed by atoms with Gasteiger partial charge in [-0.25, -0.2) is 4.79 Å². The number of hydrogen-bond acceptors (Lipinski definition) is 5. The van der Waals surface area contributed by atoms with Crippen LogP contribution in [0.25, 0.3) is 0 Å². The van der Waals surface area contributed by atoms with E-state index in [4.69, 9.17) is 10.5 Å². The van der Waals surface area contributed by atoms with Crippen LogP contribution in [0.1, 0.15) is 116 Å². The van der Waals surface area contributed by atoms with Gasteiger partial charge in [-0.05, 0) is 59.9 Å². The van der Waals surface area contributed by atoms with Crippen molar-refractivity contribution < 1.29 is 23.9 Å². The zero-order valence-corrected chi connectivity index (χ0v) is 25.9. The Kier molecular flexibility index (Phi) is 14.7. The van der Waals surface area contributed by atoms with Gasteiger partial charge in [0.15, 0.2) is 0 Å². The molecular formula is C31H52N4O5. The molecule has 1 aromatic carbocycles. The Bertz CT molecular complexity index is 968. The Morgan fingerprint density at radius 2 is 1.52 bits per heavy atom. The van der Waals surface area contributed by atoms with Gasteiger partial charge in [0.05, 0.1) is 6.42 Å². The van der Waals surface area contributed by atoms with Crippen LogP contribution >= 0.6 is 0 Å². The number of nitrogens with zero attached hydrogens (tertiary/aromatic N) is 1. The number of amides is 4.